The smallest absolute Gasteiger partial charge is 0.338 e. The van der Waals surface area contributed by atoms with Crippen LogP contribution < -0.4 is 10.1 Å². The number of aromatic nitrogens is 3. The van der Waals surface area contributed by atoms with Gasteiger partial charge in [0.15, 0.2) is 0 Å². The minimum atomic E-state index is -0.444. The van der Waals surface area contributed by atoms with Crippen molar-refractivity contribution in [1.82, 2.24) is 14.8 Å². The van der Waals surface area contributed by atoms with E-state index in [9.17, 15) is 4.79 Å². The van der Waals surface area contributed by atoms with E-state index in [4.69, 9.17) is 21.1 Å². The Balaban J connectivity index is 1.59. The van der Waals surface area contributed by atoms with Crippen LogP contribution in [-0.2, 0) is 16.1 Å². The van der Waals surface area contributed by atoms with E-state index in [1.54, 1.807) is 4.68 Å². The van der Waals surface area contributed by atoms with Gasteiger partial charge in [-0.25, -0.2) is 9.48 Å². The van der Waals surface area contributed by atoms with E-state index in [0.717, 1.165) is 17.5 Å². The van der Waals surface area contributed by atoms with Gasteiger partial charge in [0.1, 0.15) is 24.7 Å². The summed E-state index contributed by atoms with van der Waals surface area (Å²) in [6.45, 7) is 4.53. The van der Waals surface area contributed by atoms with Crippen LogP contribution in [0.4, 0.5) is 5.95 Å². The maximum Gasteiger partial charge on any atom is 0.338 e. The highest BCUT2D eigenvalue weighted by atomic mass is 35.5. The first-order valence-corrected chi connectivity index (χ1v) is 10.5. The molecule has 1 unspecified atom stereocenters. The molecule has 1 atom stereocenters. The van der Waals surface area contributed by atoms with Crippen LogP contribution in [0.15, 0.2) is 66.1 Å². The average Bonchev–Trinajstić information content (AvgIpc) is 3.24. The number of esters is 1. The number of halogens is 1. The summed E-state index contributed by atoms with van der Waals surface area (Å²) in [6, 6.07) is 14.7. The van der Waals surface area contributed by atoms with E-state index in [0.29, 0.717) is 41.2 Å². The first-order chi connectivity index (χ1) is 15.1. The van der Waals surface area contributed by atoms with Crippen LogP contribution in [0.5, 0.6) is 5.75 Å². The molecule has 0 saturated carbocycles. The van der Waals surface area contributed by atoms with Crippen molar-refractivity contribution in [3.8, 4) is 5.75 Å². The van der Waals surface area contributed by atoms with Gasteiger partial charge in [-0.2, -0.15) is 10.1 Å². The van der Waals surface area contributed by atoms with Crippen molar-refractivity contribution in [2.75, 3.05) is 11.9 Å². The first-order valence-electron chi connectivity index (χ1n) is 10.1. The van der Waals surface area contributed by atoms with E-state index in [-0.39, 0.29) is 5.97 Å². The van der Waals surface area contributed by atoms with E-state index >= 15 is 0 Å². The molecule has 0 fully saturated rings. The molecule has 8 heteroatoms. The number of nitrogens with zero attached hydrogens (tertiary/aromatic N) is 3. The molecule has 2 heterocycles. The predicted molar refractivity (Wildman–Crippen MR) is 118 cm³/mol. The SMILES string of the molecule is CCCOC(=O)C1=C(C)Nc2ncnn2C1c1ccc(OCc2ccccc2Cl)cc1. The highest BCUT2D eigenvalue weighted by Gasteiger charge is 2.34. The van der Waals surface area contributed by atoms with Crippen molar-refractivity contribution in [3.05, 3.63) is 82.3 Å². The Labute approximate surface area is 185 Å². The fourth-order valence-corrected chi connectivity index (χ4v) is 3.65. The number of carbonyl (C=O) groups excluding carboxylic acids is 1. The molecule has 0 aliphatic carbocycles. The van der Waals surface area contributed by atoms with Gasteiger partial charge < -0.3 is 14.8 Å². The molecule has 0 spiro atoms. The molecule has 1 aromatic heterocycles. The molecule has 0 saturated heterocycles. The Kier molecular flexibility index (Phi) is 6.23. The number of nitrogens with one attached hydrogen (secondary N) is 1. The standard InChI is InChI=1S/C23H23ClN4O3/c1-3-12-30-22(29)20-15(2)27-23-25-14-26-28(23)21(20)16-8-10-18(11-9-16)31-13-17-6-4-5-7-19(17)24/h4-11,14,21H,3,12-13H2,1-2H3,(H,25,26,27). The van der Waals surface area contributed by atoms with Crippen LogP contribution in [-0.4, -0.2) is 27.3 Å². The van der Waals surface area contributed by atoms with Gasteiger partial charge in [-0.1, -0.05) is 48.9 Å². The molecule has 160 valence electrons. The second kappa shape index (κ2) is 9.22. The Bertz CT molecular complexity index is 1110. The van der Waals surface area contributed by atoms with Crippen molar-refractivity contribution >= 4 is 23.5 Å². The zero-order chi connectivity index (χ0) is 21.8. The summed E-state index contributed by atoms with van der Waals surface area (Å²) in [5, 5.41) is 8.13. The predicted octanol–water partition coefficient (Wildman–Crippen LogP) is 4.75. The molecular formula is C23H23ClN4O3. The Hall–Kier alpha value is -3.32. The van der Waals surface area contributed by atoms with E-state index in [1.165, 1.54) is 6.33 Å². The lowest BCUT2D eigenvalue weighted by Crippen LogP contribution is -2.29. The van der Waals surface area contributed by atoms with Crippen LogP contribution in [0.25, 0.3) is 0 Å². The molecule has 31 heavy (non-hydrogen) atoms. The Morgan fingerprint density at radius 2 is 1.97 bits per heavy atom. The zero-order valence-corrected chi connectivity index (χ0v) is 18.1. The summed E-state index contributed by atoms with van der Waals surface area (Å²) in [5.41, 5.74) is 3.00. The number of hydrogen-bond acceptors (Lipinski definition) is 6. The fourth-order valence-electron chi connectivity index (χ4n) is 3.46. The maximum absolute atomic E-state index is 12.8. The average molecular weight is 439 g/mol. The summed E-state index contributed by atoms with van der Waals surface area (Å²) in [6.07, 6.45) is 2.21. The summed E-state index contributed by atoms with van der Waals surface area (Å²) in [4.78, 5) is 17.1. The summed E-state index contributed by atoms with van der Waals surface area (Å²) in [5.74, 6) is 0.915. The normalized spacial score (nSPS) is 15.3. The molecule has 0 radical (unpaired) electrons. The van der Waals surface area contributed by atoms with Gasteiger partial charge in [0, 0.05) is 16.3 Å². The van der Waals surface area contributed by atoms with Gasteiger partial charge in [0.2, 0.25) is 5.95 Å². The fraction of sp³-hybridized carbons (Fsp3) is 0.261. The van der Waals surface area contributed by atoms with E-state index in [2.05, 4.69) is 15.4 Å². The highest BCUT2D eigenvalue weighted by molar-refractivity contribution is 6.31. The molecule has 4 rings (SSSR count). The second-order valence-corrected chi connectivity index (χ2v) is 7.59. The minimum Gasteiger partial charge on any atom is -0.489 e. The molecule has 1 aliphatic rings. The zero-order valence-electron chi connectivity index (χ0n) is 17.3. The largest absolute Gasteiger partial charge is 0.489 e. The molecular weight excluding hydrogens is 416 g/mol. The van der Waals surface area contributed by atoms with E-state index < -0.39 is 6.04 Å². The van der Waals surface area contributed by atoms with Crippen LogP contribution in [0.3, 0.4) is 0 Å². The maximum atomic E-state index is 12.8. The lowest BCUT2D eigenvalue weighted by Gasteiger charge is -2.28. The number of hydrogen-bond donors (Lipinski definition) is 1. The van der Waals surface area contributed by atoms with Crippen molar-refractivity contribution in [2.24, 2.45) is 0 Å². The monoisotopic (exact) mass is 438 g/mol. The van der Waals surface area contributed by atoms with Crippen molar-refractivity contribution in [1.29, 1.82) is 0 Å². The molecule has 0 amide bonds. The molecule has 3 aromatic rings. The third kappa shape index (κ3) is 4.41. The topological polar surface area (TPSA) is 78.3 Å². The summed E-state index contributed by atoms with van der Waals surface area (Å²) >= 11 is 6.20. The van der Waals surface area contributed by atoms with Gasteiger partial charge in [0.05, 0.1) is 12.2 Å². The quantitative estimate of drug-likeness (QED) is 0.536. The number of ether oxygens (including phenoxy) is 2. The molecule has 0 bridgehead atoms. The van der Waals surface area contributed by atoms with Crippen molar-refractivity contribution < 1.29 is 14.3 Å². The van der Waals surface area contributed by atoms with Crippen molar-refractivity contribution in [2.45, 2.75) is 32.9 Å². The number of anilines is 1. The molecule has 7 nitrogen and oxygen atoms in total. The van der Waals surface area contributed by atoms with Crippen molar-refractivity contribution in [3.63, 3.8) is 0 Å². The number of rotatable bonds is 7. The van der Waals surface area contributed by atoms with Gasteiger partial charge in [-0.05, 0) is 37.1 Å². The van der Waals surface area contributed by atoms with E-state index in [1.807, 2.05) is 62.4 Å². The molecule has 1 aliphatic heterocycles. The first kappa shape index (κ1) is 20.9. The Morgan fingerprint density at radius 3 is 2.71 bits per heavy atom. The van der Waals surface area contributed by atoms with Gasteiger partial charge in [-0.15, -0.1) is 0 Å². The number of fused-ring (bicyclic) bond motifs is 1. The van der Waals surface area contributed by atoms with Gasteiger partial charge in [0.25, 0.3) is 0 Å². The van der Waals surface area contributed by atoms with Crippen LogP contribution >= 0.6 is 11.6 Å². The number of allylic oxidation sites excluding steroid dienone is 1. The lowest BCUT2D eigenvalue weighted by atomic mass is 9.96. The summed E-state index contributed by atoms with van der Waals surface area (Å²) in [7, 11) is 0. The molecule has 2 aromatic carbocycles. The second-order valence-electron chi connectivity index (χ2n) is 7.18. The third-order valence-electron chi connectivity index (χ3n) is 5.00. The van der Waals surface area contributed by atoms with Crippen LogP contribution in [0, 0.1) is 0 Å². The number of benzene rings is 2. The summed E-state index contributed by atoms with van der Waals surface area (Å²) < 4.78 is 13.0. The van der Waals surface area contributed by atoms with Gasteiger partial charge >= 0.3 is 5.97 Å². The molecule has 1 N–H and O–H groups in total. The minimum absolute atomic E-state index is 0.362. The highest BCUT2D eigenvalue weighted by Crippen LogP contribution is 2.35. The van der Waals surface area contributed by atoms with Gasteiger partial charge in [-0.3, -0.25) is 0 Å². The Morgan fingerprint density at radius 1 is 1.19 bits per heavy atom. The van der Waals surface area contributed by atoms with Crippen LogP contribution in [0.1, 0.15) is 37.4 Å². The number of carbonyl (C=O) groups is 1. The lowest BCUT2D eigenvalue weighted by molar-refractivity contribution is -0.139. The third-order valence-corrected chi connectivity index (χ3v) is 5.37. The van der Waals surface area contributed by atoms with Crippen LogP contribution in [0.2, 0.25) is 5.02 Å².